The minimum atomic E-state index is 0.460. The zero-order chi connectivity index (χ0) is 12.8. The molecule has 2 nitrogen and oxygen atoms in total. The fraction of sp³-hybridized carbons (Fsp3) is 0.438. The van der Waals surface area contributed by atoms with Crippen LogP contribution in [0.3, 0.4) is 0 Å². The van der Waals surface area contributed by atoms with Crippen molar-refractivity contribution in [1.82, 2.24) is 10.3 Å². The highest BCUT2D eigenvalue weighted by Gasteiger charge is 2.10. The SMILES string of the molecule is CCCCC(NCC)c1ccc2cccnc2c1. The van der Waals surface area contributed by atoms with Crippen LogP contribution in [-0.4, -0.2) is 11.5 Å². The molecular weight excluding hydrogens is 220 g/mol. The van der Waals surface area contributed by atoms with Gasteiger partial charge >= 0.3 is 0 Å². The highest BCUT2D eigenvalue weighted by atomic mass is 14.9. The van der Waals surface area contributed by atoms with Crippen molar-refractivity contribution in [3.05, 3.63) is 42.1 Å². The summed E-state index contributed by atoms with van der Waals surface area (Å²) in [5.74, 6) is 0. The Hall–Kier alpha value is -1.41. The molecule has 0 spiro atoms. The van der Waals surface area contributed by atoms with Gasteiger partial charge in [-0.15, -0.1) is 0 Å². The molecule has 1 aromatic carbocycles. The molecule has 0 saturated heterocycles. The summed E-state index contributed by atoms with van der Waals surface area (Å²) in [6.45, 7) is 5.41. The lowest BCUT2D eigenvalue weighted by atomic mass is 9.99. The van der Waals surface area contributed by atoms with Crippen molar-refractivity contribution in [1.29, 1.82) is 0 Å². The smallest absolute Gasteiger partial charge is 0.0705 e. The predicted molar refractivity (Wildman–Crippen MR) is 77.7 cm³/mol. The van der Waals surface area contributed by atoms with Gasteiger partial charge in [0.15, 0.2) is 0 Å². The average Bonchev–Trinajstić information content (AvgIpc) is 2.43. The zero-order valence-corrected chi connectivity index (χ0v) is 11.3. The third-order valence-electron chi connectivity index (χ3n) is 3.33. The van der Waals surface area contributed by atoms with E-state index in [1.54, 1.807) is 0 Å². The van der Waals surface area contributed by atoms with Gasteiger partial charge < -0.3 is 5.32 Å². The van der Waals surface area contributed by atoms with Crippen molar-refractivity contribution >= 4 is 10.9 Å². The Kier molecular flexibility index (Phi) is 4.71. The first kappa shape index (κ1) is 13.0. The number of aromatic nitrogens is 1. The van der Waals surface area contributed by atoms with Crippen LogP contribution in [-0.2, 0) is 0 Å². The van der Waals surface area contributed by atoms with Gasteiger partial charge in [-0.25, -0.2) is 0 Å². The van der Waals surface area contributed by atoms with E-state index in [2.05, 4.69) is 48.4 Å². The molecule has 18 heavy (non-hydrogen) atoms. The molecule has 1 N–H and O–H groups in total. The summed E-state index contributed by atoms with van der Waals surface area (Å²) in [6.07, 6.45) is 5.56. The van der Waals surface area contributed by atoms with Crippen LogP contribution in [0, 0.1) is 0 Å². The van der Waals surface area contributed by atoms with Gasteiger partial charge in [-0.05, 0) is 30.7 Å². The van der Waals surface area contributed by atoms with Crippen LogP contribution >= 0.6 is 0 Å². The van der Waals surface area contributed by atoms with Crippen molar-refractivity contribution in [2.24, 2.45) is 0 Å². The molecule has 2 aromatic rings. The molecule has 96 valence electrons. The summed E-state index contributed by atoms with van der Waals surface area (Å²) in [5, 5.41) is 4.79. The summed E-state index contributed by atoms with van der Waals surface area (Å²) in [6, 6.07) is 11.2. The van der Waals surface area contributed by atoms with Crippen molar-refractivity contribution in [3.8, 4) is 0 Å². The van der Waals surface area contributed by atoms with E-state index in [1.165, 1.54) is 30.2 Å². The van der Waals surface area contributed by atoms with Gasteiger partial charge in [-0.1, -0.05) is 44.9 Å². The van der Waals surface area contributed by atoms with Crippen LogP contribution < -0.4 is 5.32 Å². The molecule has 0 aliphatic carbocycles. The van der Waals surface area contributed by atoms with Crippen LogP contribution in [0.15, 0.2) is 36.5 Å². The van der Waals surface area contributed by atoms with E-state index in [1.807, 2.05) is 12.3 Å². The molecule has 1 aromatic heterocycles. The first-order chi connectivity index (χ1) is 8.85. The Morgan fingerprint density at radius 1 is 1.22 bits per heavy atom. The highest BCUT2D eigenvalue weighted by Crippen LogP contribution is 2.22. The van der Waals surface area contributed by atoms with Crippen LogP contribution in [0.1, 0.15) is 44.7 Å². The van der Waals surface area contributed by atoms with E-state index in [0.29, 0.717) is 6.04 Å². The third-order valence-corrected chi connectivity index (χ3v) is 3.33. The Bertz CT molecular complexity index is 493. The molecule has 1 heterocycles. The summed E-state index contributed by atoms with van der Waals surface area (Å²) < 4.78 is 0. The van der Waals surface area contributed by atoms with Crippen LogP contribution in [0.5, 0.6) is 0 Å². The monoisotopic (exact) mass is 242 g/mol. The van der Waals surface area contributed by atoms with E-state index < -0.39 is 0 Å². The molecule has 0 aliphatic rings. The first-order valence-corrected chi connectivity index (χ1v) is 6.93. The van der Waals surface area contributed by atoms with Crippen molar-refractivity contribution < 1.29 is 0 Å². The van der Waals surface area contributed by atoms with Gasteiger partial charge in [0, 0.05) is 17.6 Å². The van der Waals surface area contributed by atoms with Gasteiger partial charge in [0.1, 0.15) is 0 Å². The molecule has 1 unspecified atom stereocenters. The maximum absolute atomic E-state index is 4.44. The summed E-state index contributed by atoms with van der Waals surface area (Å²) in [7, 11) is 0. The van der Waals surface area contributed by atoms with Crippen LogP contribution in [0.25, 0.3) is 10.9 Å². The predicted octanol–water partition coefficient (Wildman–Crippen LogP) is 4.08. The molecular formula is C16H22N2. The van der Waals surface area contributed by atoms with E-state index in [9.17, 15) is 0 Å². The van der Waals surface area contributed by atoms with Gasteiger partial charge in [0.05, 0.1) is 5.52 Å². The number of nitrogens with zero attached hydrogens (tertiary/aromatic N) is 1. The third kappa shape index (κ3) is 3.08. The maximum atomic E-state index is 4.44. The second-order valence-electron chi connectivity index (χ2n) is 4.71. The van der Waals surface area contributed by atoms with Crippen molar-refractivity contribution in [2.75, 3.05) is 6.54 Å². The number of rotatable bonds is 6. The fourth-order valence-electron chi connectivity index (χ4n) is 2.34. The van der Waals surface area contributed by atoms with Gasteiger partial charge in [-0.3, -0.25) is 4.98 Å². The van der Waals surface area contributed by atoms with Crippen molar-refractivity contribution in [3.63, 3.8) is 0 Å². The molecule has 0 saturated carbocycles. The van der Waals surface area contributed by atoms with E-state index >= 15 is 0 Å². The van der Waals surface area contributed by atoms with Gasteiger partial charge in [-0.2, -0.15) is 0 Å². The Morgan fingerprint density at radius 2 is 2.11 bits per heavy atom. The number of hydrogen-bond acceptors (Lipinski definition) is 2. The fourth-order valence-corrected chi connectivity index (χ4v) is 2.34. The highest BCUT2D eigenvalue weighted by molar-refractivity contribution is 5.78. The number of nitrogens with one attached hydrogen (secondary N) is 1. The Balaban J connectivity index is 2.25. The quantitative estimate of drug-likeness (QED) is 0.825. The van der Waals surface area contributed by atoms with Crippen molar-refractivity contribution in [2.45, 2.75) is 39.2 Å². The Labute approximate surface area is 109 Å². The Morgan fingerprint density at radius 3 is 2.89 bits per heavy atom. The topological polar surface area (TPSA) is 24.9 Å². The number of fused-ring (bicyclic) bond motifs is 1. The van der Waals surface area contributed by atoms with E-state index in [4.69, 9.17) is 0 Å². The minimum absolute atomic E-state index is 0.460. The van der Waals surface area contributed by atoms with E-state index in [0.717, 1.165) is 12.1 Å². The molecule has 0 bridgehead atoms. The second kappa shape index (κ2) is 6.50. The second-order valence-corrected chi connectivity index (χ2v) is 4.71. The lowest BCUT2D eigenvalue weighted by Crippen LogP contribution is -2.20. The van der Waals surface area contributed by atoms with Crippen LogP contribution in [0.4, 0.5) is 0 Å². The minimum Gasteiger partial charge on any atom is -0.310 e. The lowest BCUT2D eigenvalue weighted by molar-refractivity contribution is 0.495. The maximum Gasteiger partial charge on any atom is 0.0705 e. The first-order valence-electron chi connectivity index (χ1n) is 6.93. The van der Waals surface area contributed by atoms with Crippen LogP contribution in [0.2, 0.25) is 0 Å². The molecule has 1 atom stereocenters. The van der Waals surface area contributed by atoms with Gasteiger partial charge in [0.2, 0.25) is 0 Å². The molecule has 0 amide bonds. The molecule has 2 rings (SSSR count). The number of benzene rings is 1. The number of hydrogen-bond donors (Lipinski definition) is 1. The van der Waals surface area contributed by atoms with E-state index in [-0.39, 0.29) is 0 Å². The largest absolute Gasteiger partial charge is 0.310 e. The molecule has 2 heteroatoms. The summed E-state index contributed by atoms with van der Waals surface area (Å²) in [4.78, 5) is 4.44. The van der Waals surface area contributed by atoms with Gasteiger partial charge in [0.25, 0.3) is 0 Å². The average molecular weight is 242 g/mol. The summed E-state index contributed by atoms with van der Waals surface area (Å²) >= 11 is 0. The molecule has 0 fully saturated rings. The number of unbranched alkanes of at least 4 members (excludes halogenated alkanes) is 1. The normalized spacial score (nSPS) is 12.8. The molecule has 0 aliphatic heterocycles. The standard InChI is InChI=1S/C16H22N2/c1-3-5-8-15(17-4-2)14-10-9-13-7-6-11-18-16(13)12-14/h6-7,9-12,15,17H,3-5,8H2,1-2H3. The summed E-state index contributed by atoms with van der Waals surface area (Å²) in [5.41, 5.74) is 2.45. The molecule has 0 radical (unpaired) electrons. The zero-order valence-electron chi connectivity index (χ0n) is 11.3. The lowest BCUT2D eigenvalue weighted by Gasteiger charge is -2.18. The number of pyridine rings is 1.